The van der Waals surface area contributed by atoms with Gasteiger partial charge in [0.1, 0.15) is 11.4 Å². The standard InChI is InChI=1S/C22H33NO6/c1-5-22(2,3)29-21(26)23-18(13-15-7-6-8-15)19(20(24)25)28-14-16-9-11-17(27-4)12-10-16/h9-12,15,18-19H,5-8,13-14H2,1-4H3,(H,23,26)(H,24,25). The van der Waals surface area contributed by atoms with Crippen LogP contribution in [0.2, 0.25) is 0 Å². The Kier molecular flexibility index (Phi) is 8.32. The van der Waals surface area contributed by atoms with Crippen LogP contribution in [0.1, 0.15) is 58.4 Å². The van der Waals surface area contributed by atoms with Crippen LogP contribution >= 0.6 is 0 Å². The molecule has 1 aromatic rings. The van der Waals surface area contributed by atoms with Gasteiger partial charge in [-0.05, 0) is 50.3 Å². The van der Waals surface area contributed by atoms with Gasteiger partial charge in [-0.25, -0.2) is 9.59 Å². The van der Waals surface area contributed by atoms with Crippen LogP contribution in [0.15, 0.2) is 24.3 Å². The van der Waals surface area contributed by atoms with E-state index in [1.807, 2.05) is 32.9 Å². The molecule has 0 bridgehead atoms. The molecule has 0 saturated heterocycles. The molecule has 0 heterocycles. The highest BCUT2D eigenvalue weighted by atomic mass is 16.6. The lowest BCUT2D eigenvalue weighted by Crippen LogP contribution is -2.51. The first-order chi connectivity index (χ1) is 13.7. The maximum absolute atomic E-state index is 12.4. The first-order valence-corrected chi connectivity index (χ1v) is 10.2. The fourth-order valence-corrected chi connectivity index (χ4v) is 3.12. The van der Waals surface area contributed by atoms with E-state index in [9.17, 15) is 14.7 Å². The highest BCUT2D eigenvalue weighted by Gasteiger charge is 2.35. The molecular formula is C22H33NO6. The quantitative estimate of drug-likeness (QED) is 0.573. The van der Waals surface area contributed by atoms with Gasteiger partial charge in [0.25, 0.3) is 0 Å². The van der Waals surface area contributed by atoms with Crippen LogP contribution in [0.5, 0.6) is 5.75 Å². The minimum atomic E-state index is -1.16. The summed E-state index contributed by atoms with van der Waals surface area (Å²) in [5.74, 6) is 0.0122. The van der Waals surface area contributed by atoms with Crippen molar-refractivity contribution in [2.45, 2.75) is 77.2 Å². The highest BCUT2D eigenvalue weighted by molar-refractivity contribution is 5.75. The average molecular weight is 408 g/mol. The summed E-state index contributed by atoms with van der Waals surface area (Å²) in [6.07, 6.45) is 2.66. The summed E-state index contributed by atoms with van der Waals surface area (Å²) in [5, 5.41) is 12.5. The number of methoxy groups -OCH3 is 1. The summed E-state index contributed by atoms with van der Waals surface area (Å²) < 4.78 is 16.3. The van der Waals surface area contributed by atoms with E-state index in [1.165, 1.54) is 0 Å². The Balaban J connectivity index is 2.06. The predicted octanol–water partition coefficient (Wildman–Crippen LogP) is 4.14. The number of hydrogen-bond donors (Lipinski definition) is 2. The van der Waals surface area contributed by atoms with Crippen LogP contribution in [-0.4, -0.2) is 42.0 Å². The van der Waals surface area contributed by atoms with Gasteiger partial charge in [-0.3, -0.25) is 0 Å². The van der Waals surface area contributed by atoms with E-state index in [0.29, 0.717) is 24.5 Å². The molecule has 1 aliphatic rings. The van der Waals surface area contributed by atoms with Gasteiger partial charge in [-0.1, -0.05) is 38.3 Å². The number of ether oxygens (including phenoxy) is 3. The Hall–Kier alpha value is -2.28. The van der Waals surface area contributed by atoms with Crippen LogP contribution in [0.4, 0.5) is 4.79 Å². The van der Waals surface area contributed by atoms with E-state index in [4.69, 9.17) is 14.2 Å². The molecule has 0 radical (unpaired) electrons. The number of carboxylic acids is 1. The van der Waals surface area contributed by atoms with Gasteiger partial charge in [-0.15, -0.1) is 0 Å². The second-order valence-corrected chi connectivity index (χ2v) is 8.20. The molecule has 0 aliphatic heterocycles. The molecule has 2 N–H and O–H groups in total. The average Bonchev–Trinajstić information content (AvgIpc) is 2.64. The Morgan fingerprint density at radius 3 is 2.38 bits per heavy atom. The third-order valence-corrected chi connectivity index (χ3v) is 5.53. The van der Waals surface area contributed by atoms with Gasteiger partial charge in [0.2, 0.25) is 0 Å². The number of carboxylic acid groups (broad SMARTS) is 1. The van der Waals surface area contributed by atoms with Crippen molar-refractivity contribution in [1.29, 1.82) is 0 Å². The van der Waals surface area contributed by atoms with E-state index >= 15 is 0 Å². The summed E-state index contributed by atoms with van der Waals surface area (Å²) in [6.45, 7) is 5.70. The molecular weight excluding hydrogens is 374 g/mol. The molecule has 2 rings (SSSR count). The lowest BCUT2D eigenvalue weighted by Gasteiger charge is -2.33. The molecule has 0 aromatic heterocycles. The van der Waals surface area contributed by atoms with E-state index in [1.54, 1.807) is 19.2 Å². The third kappa shape index (κ3) is 7.24. The Morgan fingerprint density at radius 1 is 1.24 bits per heavy atom. The summed E-state index contributed by atoms with van der Waals surface area (Å²) in [6, 6.07) is 6.58. The first kappa shape index (κ1) is 23.0. The number of rotatable bonds is 11. The molecule has 1 aliphatic carbocycles. The third-order valence-electron chi connectivity index (χ3n) is 5.53. The van der Waals surface area contributed by atoms with Gasteiger partial charge >= 0.3 is 12.1 Å². The second kappa shape index (κ2) is 10.5. The minimum absolute atomic E-state index is 0.124. The summed E-state index contributed by atoms with van der Waals surface area (Å²) in [7, 11) is 1.58. The number of hydrogen-bond acceptors (Lipinski definition) is 5. The molecule has 1 aromatic carbocycles. The van der Waals surface area contributed by atoms with Crippen molar-refractivity contribution in [3.05, 3.63) is 29.8 Å². The van der Waals surface area contributed by atoms with Crippen molar-refractivity contribution < 1.29 is 28.9 Å². The first-order valence-electron chi connectivity index (χ1n) is 10.2. The van der Waals surface area contributed by atoms with Crippen molar-refractivity contribution in [2.75, 3.05) is 7.11 Å². The molecule has 7 nitrogen and oxygen atoms in total. The number of aliphatic carboxylic acids is 1. The van der Waals surface area contributed by atoms with Crippen molar-refractivity contribution in [3.63, 3.8) is 0 Å². The van der Waals surface area contributed by atoms with Gasteiger partial charge in [0.15, 0.2) is 6.10 Å². The molecule has 1 fully saturated rings. The molecule has 29 heavy (non-hydrogen) atoms. The summed E-state index contributed by atoms with van der Waals surface area (Å²) in [4.78, 5) is 24.3. The van der Waals surface area contributed by atoms with E-state index in [-0.39, 0.29) is 6.61 Å². The smallest absolute Gasteiger partial charge is 0.407 e. The maximum Gasteiger partial charge on any atom is 0.407 e. The molecule has 2 atom stereocenters. The van der Waals surface area contributed by atoms with Crippen molar-refractivity contribution in [3.8, 4) is 5.75 Å². The maximum atomic E-state index is 12.4. The molecule has 7 heteroatoms. The van der Waals surface area contributed by atoms with E-state index < -0.39 is 29.8 Å². The van der Waals surface area contributed by atoms with E-state index in [2.05, 4.69) is 5.32 Å². The fraction of sp³-hybridized carbons (Fsp3) is 0.636. The number of benzene rings is 1. The Bertz CT molecular complexity index is 668. The number of carbonyl (C=O) groups excluding carboxylic acids is 1. The Morgan fingerprint density at radius 2 is 1.90 bits per heavy atom. The number of carbonyl (C=O) groups is 2. The second-order valence-electron chi connectivity index (χ2n) is 8.20. The van der Waals surface area contributed by atoms with Gasteiger partial charge in [0.05, 0.1) is 19.8 Å². The summed E-state index contributed by atoms with van der Waals surface area (Å²) >= 11 is 0. The SMILES string of the molecule is CCC(C)(C)OC(=O)NC(CC1CCC1)C(OCc1ccc(OC)cc1)C(=O)O. The van der Waals surface area contributed by atoms with Crippen LogP contribution in [-0.2, 0) is 20.9 Å². The van der Waals surface area contributed by atoms with Crippen LogP contribution in [0.3, 0.4) is 0 Å². The molecule has 1 amide bonds. The summed E-state index contributed by atoms with van der Waals surface area (Å²) in [5.41, 5.74) is 0.211. The topological polar surface area (TPSA) is 94.1 Å². The Labute approximate surface area is 172 Å². The number of alkyl carbamates (subject to hydrolysis) is 1. The van der Waals surface area contributed by atoms with Crippen LogP contribution < -0.4 is 10.1 Å². The van der Waals surface area contributed by atoms with Crippen molar-refractivity contribution >= 4 is 12.1 Å². The molecule has 1 saturated carbocycles. The highest BCUT2D eigenvalue weighted by Crippen LogP contribution is 2.32. The largest absolute Gasteiger partial charge is 0.497 e. The van der Waals surface area contributed by atoms with Gasteiger partial charge in [0, 0.05) is 0 Å². The predicted molar refractivity (Wildman–Crippen MR) is 109 cm³/mol. The zero-order valence-electron chi connectivity index (χ0n) is 17.8. The fourth-order valence-electron chi connectivity index (χ4n) is 3.12. The molecule has 162 valence electrons. The van der Waals surface area contributed by atoms with Gasteiger partial charge in [-0.2, -0.15) is 0 Å². The normalized spacial score (nSPS) is 16.4. The van der Waals surface area contributed by atoms with Crippen molar-refractivity contribution in [1.82, 2.24) is 5.32 Å². The number of nitrogens with one attached hydrogen (secondary N) is 1. The number of amides is 1. The van der Waals surface area contributed by atoms with Crippen LogP contribution in [0.25, 0.3) is 0 Å². The van der Waals surface area contributed by atoms with Crippen LogP contribution in [0, 0.1) is 5.92 Å². The lowest BCUT2D eigenvalue weighted by molar-refractivity contribution is -0.153. The lowest BCUT2D eigenvalue weighted by atomic mass is 9.80. The minimum Gasteiger partial charge on any atom is -0.497 e. The van der Waals surface area contributed by atoms with Gasteiger partial charge < -0.3 is 24.6 Å². The van der Waals surface area contributed by atoms with E-state index in [0.717, 1.165) is 24.8 Å². The zero-order valence-corrected chi connectivity index (χ0v) is 17.8. The molecule has 2 unspecified atom stereocenters. The van der Waals surface area contributed by atoms with Crippen molar-refractivity contribution in [2.24, 2.45) is 5.92 Å². The zero-order chi connectivity index (χ0) is 21.4. The monoisotopic (exact) mass is 407 g/mol. The molecule has 0 spiro atoms.